The van der Waals surface area contributed by atoms with Crippen LogP contribution in [0, 0.1) is 0 Å². The van der Waals surface area contributed by atoms with Gasteiger partial charge in [-0.2, -0.15) is 0 Å². The highest BCUT2D eigenvalue weighted by molar-refractivity contribution is 5.79. The van der Waals surface area contributed by atoms with E-state index in [4.69, 9.17) is 14.2 Å². The predicted molar refractivity (Wildman–Crippen MR) is 72.8 cm³/mol. The summed E-state index contributed by atoms with van der Waals surface area (Å²) >= 11 is 0. The number of nitrogens with one attached hydrogen (secondary N) is 1. The van der Waals surface area contributed by atoms with E-state index < -0.39 is 0 Å². The molecule has 106 valence electrons. The third-order valence-electron chi connectivity index (χ3n) is 2.69. The van der Waals surface area contributed by atoms with E-state index in [1.54, 1.807) is 33.5 Å². The zero-order valence-corrected chi connectivity index (χ0v) is 11.7. The van der Waals surface area contributed by atoms with Crippen LogP contribution in [0.1, 0.15) is 12.0 Å². The van der Waals surface area contributed by atoms with E-state index >= 15 is 0 Å². The number of methoxy groups -OCH3 is 3. The lowest BCUT2D eigenvalue weighted by Crippen LogP contribution is -2.26. The van der Waals surface area contributed by atoms with Gasteiger partial charge in [0, 0.05) is 25.8 Å². The molecule has 0 bridgehead atoms. The van der Waals surface area contributed by atoms with Gasteiger partial charge in [0.2, 0.25) is 5.91 Å². The van der Waals surface area contributed by atoms with Crippen LogP contribution < -0.4 is 14.8 Å². The number of amides is 1. The summed E-state index contributed by atoms with van der Waals surface area (Å²) in [7, 11) is 4.82. The van der Waals surface area contributed by atoms with E-state index in [1.807, 2.05) is 6.07 Å². The Morgan fingerprint density at radius 1 is 1.21 bits per heavy atom. The molecule has 19 heavy (non-hydrogen) atoms. The van der Waals surface area contributed by atoms with Crippen LogP contribution in [-0.2, 0) is 16.0 Å². The molecule has 5 nitrogen and oxygen atoms in total. The van der Waals surface area contributed by atoms with Gasteiger partial charge in [-0.1, -0.05) is 0 Å². The van der Waals surface area contributed by atoms with Gasteiger partial charge < -0.3 is 19.5 Å². The standard InChI is InChI=1S/C14H21NO4/c1-17-8-4-7-15-14(16)10-11-9-12(18-2)5-6-13(11)19-3/h5-6,9H,4,7-8,10H2,1-3H3,(H,15,16). The van der Waals surface area contributed by atoms with Crippen molar-refractivity contribution < 1.29 is 19.0 Å². The minimum absolute atomic E-state index is 0.0392. The van der Waals surface area contributed by atoms with Gasteiger partial charge in [-0.25, -0.2) is 0 Å². The van der Waals surface area contributed by atoms with Gasteiger partial charge in [0.05, 0.1) is 20.6 Å². The first-order chi connectivity index (χ1) is 9.21. The molecule has 0 radical (unpaired) electrons. The molecular formula is C14H21NO4. The molecular weight excluding hydrogens is 246 g/mol. The lowest BCUT2D eigenvalue weighted by molar-refractivity contribution is -0.120. The van der Waals surface area contributed by atoms with Crippen molar-refractivity contribution in [2.75, 3.05) is 34.5 Å². The topological polar surface area (TPSA) is 56.8 Å². The number of hydrogen-bond donors (Lipinski definition) is 1. The van der Waals surface area contributed by atoms with Crippen molar-refractivity contribution in [1.29, 1.82) is 0 Å². The largest absolute Gasteiger partial charge is 0.497 e. The quantitative estimate of drug-likeness (QED) is 0.723. The van der Waals surface area contributed by atoms with Gasteiger partial charge in [-0.15, -0.1) is 0 Å². The average Bonchev–Trinajstić information content (AvgIpc) is 2.43. The Kier molecular flexibility index (Phi) is 6.74. The summed E-state index contributed by atoms with van der Waals surface area (Å²) in [4.78, 5) is 11.8. The molecule has 0 unspecified atom stereocenters. The molecule has 0 saturated heterocycles. The summed E-state index contributed by atoms with van der Waals surface area (Å²) in [5.41, 5.74) is 0.811. The molecule has 0 saturated carbocycles. The molecule has 5 heteroatoms. The Morgan fingerprint density at radius 3 is 2.63 bits per heavy atom. The van der Waals surface area contributed by atoms with Crippen LogP contribution in [0.2, 0.25) is 0 Å². The Bertz CT molecular complexity index is 406. The number of ether oxygens (including phenoxy) is 3. The van der Waals surface area contributed by atoms with Crippen LogP contribution in [0.3, 0.4) is 0 Å². The first kappa shape index (κ1) is 15.3. The van der Waals surface area contributed by atoms with E-state index in [2.05, 4.69) is 5.32 Å². The van der Waals surface area contributed by atoms with Gasteiger partial charge >= 0.3 is 0 Å². The second-order valence-corrected chi connectivity index (χ2v) is 4.05. The molecule has 0 atom stereocenters. The van der Waals surface area contributed by atoms with Gasteiger partial charge in [0.1, 0.15) is 11.5 Å². The molecule has 1 aromatic rings. The van der Waals surface area contributed by atoms with E-state index in [0.29, 0.717) is 24.7 Å². The van der Waals surface area contributed by atoms with Crippen LogP contribution >= 0.6 is 0 Å². The van der Waals surface area contributed by atoms with Gasteiger partial charge in [0.15, 0.2) is 0 Å². The van der Waals surface area contributed by atoms with E-state index in [-0.39, 0.29) is 12.3 Å². The highest BCUT2D eigenvalue weighted by Gasteiger charge is 2.09. The number of carbonyl (C=O) groups is 1. The van der Waals surface area contributed by atoms with E-state index in [0.717, 1.165) is 12.0 Å². The zero-order chi connectivity index (χ0) is 14.1. The molecule has 0 fully saturated rings. The lowest BCUT2D eigenvalue weighted by atomic mass is 10.1. The third kappa shape index (κ3) is 5.18. The Labute approximate surface area is 113 Å². The van der Waals surface area contributed by atoms with Gasteiger partial charge in [-0.05, 0) is 24.6 Å². The molecule has 1 aromatic carbocycles. The fourth-order valence-corrected chi connectivity index (χ4v) is 1.70. The van der Waals surface area contributed by atoms with Crippen molar-refractivity contribution in [3.8, 4) is 11.5 Å². The van der Waals surface area contributed by atoms with Crippen molar-refractivity contribution in [2.45, 2.75) is 12.8 Å². The SMILES string of the molecule is COCCCNC(=O)Cc1cc(OC)ccc1OC. The van der Waals surface area contributed by atoms with Crippen LogP contribution in [0.15, 0.2) is 18.2 Å². The van der Waals surface area contributed by atoms with E-state index in [9.17, 15) is 4.79 Å². The molecule has 0 heterocycles. The predicted octanol–water partition coefficient (Wildman–Crippen LogP) is 1.40. The average molecular weight is 267 g/mol. The smallest absolute Gasteiger partial charge is 0.224 e. The highest BCUT2D eigenvalue weighted by Crippen LogP contribution is 2.24. The summed E-state index contributed by atoms with van der Waals surface area (Å²) in [6.45, 7) is 1.25. The Morgan fingerprint density at radius 2 is 2.00 bits per heavy atom. The number of rotatable bonds is 8. The summed E-state index contributed by atoms with van der Waals surface area (Å²) in [5.74, 6) is 1.36. The minimum Gasteiger partial charge on any atom is -0.497 e. The maximum Gasteiger partial charge on any atom is 0.224 e. The van der Waals surface area contributed by atoms with Crippen LogP contribution in [0.25, 0.3) is 0 Å². The summed E-state index contributed by atoms with van der Waals surface area (Å²) in [5, 5.41) is 2.84. The normalized spacial score (nSPS) is 10.1. The Balaban J connectivity index is 2.56. The van der Waals surface area contributed by atoms with Crippen molar-refractivity contribution in [1.82, 2.24) is 5.32 Å². The molecule has 0 aliphatic rings. The van der Waals surface area contributed by atoms with Crippen LogP contribution in [0.4, 0.5) is 0 Å². The van der Waals surface area contributed by atoms with Gasteiger partial charge in [-0.3, -0.25) is 4.79 Å². The number of carbonyl (C=O) groups excluding carboxylic acids is 1. The van der Waals surface area contributed by atoms with Crippen molar-refractivity contribution >= 4 is 5.91 Å². The first-order valence-electron chi connectivity index (χ1n) is 6.17. The lowest BCUT2D eigenvalue weighted by Gasteiger charge is -2.10. The molecule has 1 amide bonds. The second-order valence-electron chi connectivity index (χ2n) is 4.05. The maximum atomic E-state index is 11.8. The van der Waals surface area contributed by atoms with Crippen molar-refractivity contribution in [3.63, 3.8) is 0 Å². The van der Waals surface area contributed by atoms with Gasteiger partial charge in [0.25, 0.3) is 0 Å². The molecule has 0 aliphatic heterocycles. The fraction of sp³-hybridized carbons (Fsp3) is 0.500. The first-order valence-corrected chi connectivity index (χ1v) is 6.17. The summed E-state index contributed by atoms with van der Waals surface area (Å²) in [6, 6.07) is 5.42. The van der Waals surface area contributed by atoms with Crippen molar-refractivity contribution in [3.05, 3.63) is 23.8 Å². The molecule has 0 aromatic heterocycles. The minimum atomic E-state index is -0.0392. The highest BCUT2D eigenvalue weighted by atomic mass is 16.5. The Hall–Kier alpha value is -1.75. The summed E-state index contributed by atoms with van der Waals surface area (Å²) < 4.78 is 15.3. The summed E-state index contributed by atoms with van der Waals surface area (Å²) in [6.07, 6.45) is 1.07. The third-order valence-corrected chi connectivity index (χ3v) is 2.69. The van der Waals surface area contributed by atoms with Crippen LogP contribution in [0.5, 0.6) is 11.5 Å². The number of benzene rings is 1. The fourth-order valence-electron chi connectivity index (χ4n) is 1.70. The second kappa shape index (κ2) is 8.37. The van der Waals surface area contributed by atoms with Crippen LogP contribution in [-0.4, -0.2) is 40.4 Å². The molecule has 1 rings (SSSR count). The molecule has 0 aliphatic carbocycles. The van der Waals surface area contributed by atoms with E-state index in [1.165, 1.54) is 0 Å². The maximum absolute atomic E-state index is 11.8. The molecule has 1 N–H and O–H groups in total. The zero-order valence-electron chi connectivity index (χ0n) is 11.7. The van der Waals surface area contributed by atoms with Crippen molar-refractivity contribution in [2.24, 2.45) is 0 Å². The molecule has 0 spiro atoms. The number of hydrogen-bond acceptors (Lipinski definition) is 4. The monoisotopic (exact) mass is 267 g/mol.